The van der Waals surface area contributed by atoms with E-state index in [9.17, 15) is 9.59 Å². The van der Waals surface area contributed by atoms with Crippen molar-refractivity contribution in [2.24, 2.45) is 0 Å². The number of halogens is 1. The van der Waals surface area contributed by atoms with Crippen LogP contribution >= 0.6 is 11.6 Å². The fourth-order valence-corrected chi connectivity index (χ4v) is 2.28. The maximum Gasteiger partial charge on any atom is 0.361 e. The molecule has 0 unspecified atom stereocenters. The van der Waals surface area contributed by atoms with Gasteiger partial charge >= 0.3 is 11.9 Å². The Morgan fingerprint density at radius 3 is 2.60 bits per heavy atom. The second-order valence-electron chi connectivity index (χ2n) is 4.64. The summed E-state index contributed by atoms with van der Waals surface area (Å²) in [5.74, 6) is -1.46. The predicted octanol–water partition coefficient (Wildman–Crippen LogP) is 2.16. The van der Waals surface area contributed by atoms with E-state index >= 15 is 0 Å². The number of carbonyl (C=O) groups is 2. The molecule has 0 saturated heterocycles. The van der Waals surface area contributed by atoms with Crippen LogP contribution in [0.1, 0.15) is 24.3 Å². The van der Waals surface area contributed by atoms with E-state index < -0.39 is 18.5 Å². The molecule has 0 radical (unpaired) electrons. The van der Waals surface area contributed by atoms with Gasteiger partial charge in [-0.25, -0.2) is 9.59 Å². The number of carboxylic acid groups (broad SMARTS) is 1. The number of aliphatic carboxylic acids is 1. The Morgan fingerprint density at radius 2 is 1.96 bits per heavy atom. The van der Waals surface area contributed by atoms with Crippen molar-refractivity contribution in [2.75, 3.05) is 19.8 Å². The normalized spacial score (nSPS) is 10.4. The number of rotatable bonds is 8. The number of aromatic nitrogens is 3. The molecule has 2 rings (SSSR count). The van der Waals surface area contributed by atoms with Gasteiger partial charge in [0.25, 0.3) is 0 Å². The first-order valence-corrected chi connectivity index (χ1v) is 7.74. The van der Waals surface area contributed by atoms with Gasteiger partial charge < -0.3 is 19.3 Å². The summed E-state index contributed by atoms with van der Waals surface area (Å²) in [6.07, 6.45) is 0. The number of carboxylic acids is 1. The van der Waals surface area contributed by atoms with Crippen molar-refractivity contribution < 1.29 is 28.9 Å². The van der Waals surface area contributed by atoms with Gasteiger partial charge in [-0.05, 0) is 26.0 Å². The summed E-state index contributed by atoms with van der Waals surface area (Å²) in [6, 6.07) is 3.01. The first-order chi connectivity index (χ1) is 12.0. The van der Waals surface area contributed by atoms with Crippen molar-refractivity contribution in [3.05, 3.63) is 22.8 Å². The lowest BCUT2D eigenvalue weighted by molar-refractivity contribution is -0.139. The molecule has 0 aliphatic carbocycles. The molecule has 1 aromatic heterocycles. The molecule has 0 aliphatic rings. The summed E-state index contributed by atoms with van der Waals surface area (Å²) in [7, 11) is 0. The smallest absolute Gasteiger partial charge is 0.361 e. The molecule has 0 fully saturated rings. The van der Waals surface area contributed by atoms with Crippen molar-refractivity contribution in [1.29, 1.82) is 0 Å². The number of hydrogen-bond acceptors (Lipinski definition) is 7. The highest BCUT2D eigenvalue weighted by molar-refractivity contribution is 6.32. The second kappa shape index (κ2) is 8.34. The van der Waals surface area contributed by atoms with Crippen molar-refractivity contribution in [1.82, 2.24) is 15.4 Å². The van der Waals surface area contributed by atoms with Crippen LogP contribution < -0.4 is 9.47 Å². The number of ether oxygens (including phenoxy) is 3. The van der Waals surface area contributed by atoms with Crippen LogP contribution in [0.2, 0.25) is 5.02 Å². The van der Waals surface area contributed by atoms with Crippen LogP contribution in [-0.2, 0) is 9.53 Å². The lowest BCUT2D eigenvalue weighted by Crippen LogP contribution is -2.11. The fourth-order valence-electron chi connectivity index (χ4n) is 2.02. The van der Waals surface area contributed by atoms with E-state index in [1.165, 1.54) is 12.1 Å². The van der Waals surface area contributed by atoms with Crippen LogP contribution in [0, 0.1) is 0 Å². The van der Waals surface area contributed by atoms with Gasteiger partial charge in [-0.3, -0.25) is 0 Å². The van der Waals surface area contributed by atoms with Gasteiger partial charge in [0.1, 0.15) is 5.69 Å². The molecule has 1 aromatic carbocycles. The minimum Gasteiger partial charge on any atom is -0.490 e. The first kappa shape index (κ1) is 18.5. The zero-order valence-corrected chi connectivity index (χ0v) is 14.3. The number of carbonyl (C=O) groups excluding carboxylic acids is 1. The predicted molar refractivity (Wildman–Crippen MR) is 87.1 cm³/mol. The van der Waals surface area contributed by atoms with Crippen molar-refractivity contribution in [3.63, 3.8) is 0 Å². The van der Waals surface area contributed by atoms with E-state index in [0.717, 1.165) is 0 Å². The van der Waals surface area contributed by atoms with Crippen LogP contribution in [0.5, 0.6) is 11.5 Å². The molecule has 0 aliphatic heterocycles. The number of hydrogen-bond donors (Lipinski definition) is 2. The quantitative estimate of drug-likeness (QED) is 0.678. The molecule has 0 saturated carbocycles. The average Bonchev–Trinajstić information content (AvgIpc) is 3.04. The van der Waals surface area contributed by atoms with Crippen LogP contribution in [0.3, 0.4) is 0 Å². The van der Waals surface area contributed by atoms with Crippen LogP contribution in [0.25, 0.3) is 11.3 Å². The van der Waals surface area contributed by atoms with Crippen LogP contribution in [0.15, 0.2) is 12.1 Å². The molecule has 0 atom stereocenters. The van der Waals surface area contributed by atoms with E-state index in [-0.39, 0.29) is 34.5 Å². The van der Waals surface area contributed by atoms with Gasteiger partial charge in [0, 0.05) is 5.56 Å². The molecule has 2 aromatic rings. The summed E-state index contributed by atoms with van der Waals surface area (Å²) in [4.78, 5) is 22.6. The number of benzene rings is 1. The highest BCUT2D eigenvalue weighted by Gasteiger charge is 2.22. The van der Waals surface area contributed by atoms with Crippen molar-refractivity contribution in [2.45, 2.75) is 13.8 Å². The molecule has 25 heavy (non-hydrogen) atoms. The Hall–Kier alpha value is -2.81. The number of nitrogens with zero attached hydrogens (tertiary/aromatic N) is 2. The lowest BCUT2D eigenvalue weighted by atomic mass is 10.1. The molecular weight excluding hydrogens is 354 g/mol. The summed E-state index contributed by atoms with van der Waals surface area (Å²) >= 11 is 6.19. The SMILES string of the molecule is CCOC(=O)c1n[nH]nc1-c1cc(Cl)c(OCC(=O)O)c(OCC)c1. The zero-order chi connectivity index (χ0) is 18.4. The van der Waals surface area contributed by atoms with Crippen molar-refractivity contribution in [3.8, 4) is 22.8 Å². The fraction of sp³-hybridized carbons (Fsp3) is 0.333. The summed E-state index contributed by atoms with van der Waals surface area (Å²) < 4.78 is 15.6. The molecular formula is C15H16ClN3O6. The molecule has 9 nitrogen and oxygen atoms in total. The second-order valence-corrected chi connectivity index (χ2v) is 5.05. The molecule has 10 heteroatoms. The maximum atomic E-state index is 11.9. The molecule has 0 bridgehead atoms. The van der Waals surface area contributed by atoms with Crippen molar-refractivity contribution >= 4 is 23.5 Å². The number of esters is 1. The van der Waals surface area contributed by atoms with Gasteiger partial charge in [-0.15, -0.1) is 5.10 Å². The Balaban J connectivity index is 2.45. The van der Waals surface area contributed by atoms with Gasteiger partial charge in [0.15, 0.2) is 23.8 Å². The Kier molecular flexibility index (Phi) is 6.18. The maximum absolute atomic E-state index is 11.9. The Bertz CT molecular complexity index is 777. The zero-order valence-electron chi connectivity index (χ0n) is 13.5. The summed E-state index contributed by atoms with van der Waals surface area (Å²) in [5, 5.41) is 19.0. The molecule has 0 amide bonds. The van der Waals surface area contributed by atoms with E-state index in [1.807, 2.05) is 0 Å². The molecule has 0 spiro atoms. The van der Waals surface area contributed by atoms with Gasteiger partial charge in [0.2, 0.25) is 0 Å². The minimum absolute atomic E-state index is 0.000399. The van der Waals surface area contributed by atoms with Gasteiger partial charge in [0.05, 0.1) is 18.2 Å². The number of nitrogens with one attached hydrogen (secondary N) is 1. The summed E-state index contributed by atoms with van der Waals surface area (Å²) in [5.41, 5.74) is 0.665. The largest absolute Gasteiger partial charge is 0.490 e. The lowest BCUT2D eigenvalue weighted by Gasteiger charge is -2.14. The van der Waals surface area contributed by atoms with Crippen LogP contribution in [0.4, 0.5) is 0 Å². The first-order valence-electron chi connectivity index (χ1n) is 7.37. The van der Waals surface area contributed by atoms with Crippen LogP contribution in [-0.4, -0.2) is 52.3 Å². The minimum atomic E-state index is -1.15. The topological polar surface area (TPSA) is 124 Å². The third-order valence-corrected chi connectivity index (χ3v) is 3.22. The van der Waals surface area contributed by atoms with E-state index in [0.29, 0.717) is 12.2 Å². The van der Waals surface area contributed by atoms with E-state index in [2.05, 4.69) is 15.4 Å². The third kappa shape index (κ3) is 4.38. The average molecular weight is 370 g/mol. The number of H-pyrrole nitrogens is 1. The molecule has 134 valence electrons. The standard InChI is InChI=1S/C15H16ClN3O6/c1-3-23-10-6-8(5-9(16)14(10)25-7-11(20)21)12-13(18-19-17-12)15(22)24-4-2/h5-6H,3-4,7H2,1-2H3,(H,20,21)(H,17,18,19). The van der Waals surface area contributed by atoms with Gasteiger partial charge in [-0.2, -0.15) is 10.3 Å². The highest BCUT2D eigenvalue weighted by atomic mass is 35.5. The Labute approximate surface area is 147 Å². The summed E-state index contributed by atoms with van der Waals surface area (Å²) in [6.45, 7) is 3.35. The molecule has 2 N–H and O–H groups in total. The van der Waals surface area contributed by atoms with Gasteiger partial charge in [-0.1, -0.05) is 11.6 Å². The molecule has 1 heterocycles. The third-order valence-electron chi connectivity index (χ3n) is 2.94. The monoisotopic (exact) mass is 369 g/mol. The van der Waals surface area contributed by atoms with E-state index in [1.54, 1.807) is 13.8 Å². The highest BCUT2D eigenvalue weighted by Crippen LogP contribution is 2.39. The van der Waals surface area contributed by atoms with E-state index in [4.69, 9.17) is 30.9 Å². The number of aromatic amines is 1. The Morgan fingerprint density at radius 1 is 1.20 bits per heavy atom.